The third-order valence-electron chi connectivity index (χ3n) is 9.68. The van der Waals surface area contributed by atoms with Crippen molar-refractivity contribution in [2.24, 2.45) is 0 Å². The molecule has 7 atom stereocenters. The number of ether oxygens (including phenoxy) is 6. The second kappa shape index (κ2) is 13.2. The number of carboxylic acids is 1. The van der Waals surface area contributed by atoms with Gasteiger partial charge in [-0.25, -0.2) is 14.4 Å². The molecule has 2 aliphatic carbocycles. The highest BCUT2D eigenvalue weighted by molar-refractivity contribution is 5.89. The van der Waals surface area contributed by atoms with Gasteiger partial charge in [0.15, 0.2) is 29.8 Å². The molecule has 0 saturated carbocycles. The van der Waals surface area contributed by atoms with Crippen molar-refractivity contribution >= 4 is 30.0 Å². The molecule has 1 aromatic carbocycles. The molecule has 15 heteroatoms. The molecule has 0 radical (unpaired) electrons. The Hall–Kier alpha value is -4.37. The summed E-state index contributed by atoms with van der Waals surface area (Å²) >= 11 is 0. The quantitative estimate of drug-likeness (QED) is 0.226. The Labute approximate surface area is 283 Å². The van der Waals surface area contributed by atoms with Crippen LogP contribution in [-0.2, 0) is 50.0 Å². The molecule has 1 amide bonds. The maximum atomic E-state index is 13.4. The van der Waals surface area contributed by atoms with Crippen LogP contribution in [0.1, 0.15) is 71.4 Å². The van der Waals surface area contributed by atoms with Crippen molar-refractivity contribution in [2.45, 2.75) is 114 Å². The number of rotatable bonds is 11. The van der Waals surface area contributed by atoms with E-state index in [1.165, 1.54) is 21.0 Å². The number of aliphatic carboxylic acids is 1. The standard InChI is InChI=1S/C34H44N2O13/c1-17(46-31(42)49-32(3,4)5)28(39)35-20(9-11-24(37)38)30(41)45-18(2)29(40)47-22-12-13-34(43)23-16-19-8-10-21(44-7)26-25(19)33(34,27(22)48-26)14-15-36(23)6/h8,10,12,17-18,20,23,27,43H,9,11,13-16H2,1-7H3,(H,35,39)(H,37,38)/t17-,18-,20-,23+,27-,33-,34+/m0/s1. The van der Waals surface area contributed by atoms with Gasteiger partial charge in [0.25, 0.3) is 5.91 Å². The number of esters is 2. The molecule has 3 N–H and O–H groups in total. The summed E-state index contributed by atoms with van der Waals surface area (Å²) in [5.74, 6) is -3.04. The van der Waals surface area contributed by atoms with Gasteiger partial charge in [0, 0.05) is 24.4 Å². The van der Waals surface area contributed by atoms with Gasteiger partial charge in [0.05, 0.1) is 18.1 Å². The molecule has 15 nitrogen and oxygen atoms in total. The Bertz CT molecular complexity index is 1570. The first-order valence-electron chi connectivity index (χ1n) is 16.3. The number of methoxy groups -OCH3 is 1. The smallest absolute Gasteiger partial charge is 0.493 e. The lowest BCUT2D eigenvalue weighted by molar-refractivity contribution is -0.176. The van der Waals surface area contributed by atoms with E-state index in [2.05, 4.69) is 10.2 Å². The summed E-state index contributed by atoms with van der Waals surface area (Å²) < 4.78 is 33.3. The monoisotopic (exact) mass is 688 g/mol. The molecule has 268 valence electrons. The summed E-state index contributed by atoms with van der Waals surface area (Å²) in [7, 11) is 3.51. The third-order valence-corrected chi connectivity index (χ3v) is 9.68. The summed E-state index contributed by atoms with van der Waals surface area (Å²) in [4.78, 5) is 64.8. The van der Waals surface area contributed by atoms with Crippen LogP contribution in [0.3, 0.4) is 0 Å². The van der Waals surface area contributed by atoms with E-state index in [-0.39, 0.29) is 24.6 Å². The highest BCUT2D eigenvalue weighted by atomic mass is 16.7. The molecule has 0 unspecified atom stereocenters. The average Bonchev–Trinajstić information content (AvgIpc) is 3.37. The van der Waals surface area contributed by atoms with E-state index in [4.69, 9.17) is 28.4 Å². The van der Waals surface area contributed by atoms with Crippen molar-refractivity contribution in [3.05, 3.63) is 35.1 Å². The zero-order chi connectivity index (χ0) is 36.1. The van der Waals surface area contributed by atoms with Gasteiger partial charge in [-0.3, -0.25) is 9.59 Å². The predicted molar refractivity (Wildman–Crippen MR) is 169 cm³/mol. The lowest BCUT2D eigenvalue weighted by atomic mass is 9.50. The van der Waals surface area contributed by atoms with Crippen LogP contribution in [0.25, 0.3) is 0 Å². The fourth-order valence-electron chi connectivity index (χ4n) is 7.37. The van der Waals surface area contributed by atoms with Crippen LogP contribution in [-0.4, -0.2) is 107 Å². The molecular formula is C34H44N2O13. The topological polar surface area (TPSA) is 196 Å². The van der Waals surface area contributed by atoms with Crippen LogP contribution < -0.4 is 14.8 Å². The fraction of sp³-hybridized carbons (Fsp3) is 0.618. The van der Waals surface area contributed by atoms with Gasteiger partial charge in [-0.1, -0.05) is 6.07 Å². The van der Waals surface area contributed by atoms with Crippen LogP contribution in [0, 0.1) is 0 Å². The van der Waals surface area contributed by atoms with Crippen LogP contribution in [0.5, 0.6) is 11.5 Å². The number of nitrogens with one attached hydrogen (secondary N) is 1. The second-order valence-corrected chi connectivity index (χ2v) is 14.0. The van der Waals surface area contributed by atoms with Crippen molar-refractivity contribution < 1.29 is 62.6 Å². The molecule has 2 aliphatic heterocycles. The Morgan fingerprint density at radius 3 is 2.47 bits per heavy atom. The number of carbonyl (C=O) groups excluding carboxylic acids is 4. The van der Waals surface area contributed by atoms with Gasteiger partial charge in [0.1, 0.15) is 17.4 Å². The van der Waals surface area contributed by atoms with E-state index in [9.17, 15) is 34.2 Å². The highest BCUT2D eigenvalue weighted by Crippen LogP contribution is 2.65. The third kappa shape index (κ3) is 6.53. The summed E-state index contributed by atoms with van der Waals surface area (Å²) in [6.45, 7) is 8.03. The summed E-state index contributed by atoms with van der Waals surface area (Å²) in [5.41, 5.74) is -1.14. The fourth-order valence-corrected chi connectivity index (χ4v) is 7.37. The predicted octanol–water partition coefficient (Wildman–Crippen LogP) is 2.14. The number of piperidine rings is 1. The first-order valence-corrected chi connectivity index (χ1v) is 16.3. The van der Waals surface area contributed by atoms with Crippen molar-refractivity contribution in [2.75, 3.05) is 20.7 Å². The zero-order valence-corrected chi connectivity index (χ0v) is 28.7. The number of amides is 1. The summed E-state index contributed by atoms with van der Waals surface area (Å²) in [5, 5.41) is 23.9. The number of aliphatic hydroxyl groups is 1. The van der Waals surface area contributed by atoms with Gasteiger partial charge in [-0.15, -0.1) is 0 Å². The normalized spacial score (nSPS) is 26.8. The first-order chi connectivity index (χ1) is 22.9. The molecule has 1 fully saturated rings. The molecule has 2 bridgehead atoms. The van der Waals surface area contributed by atoms with Crippen molar-refractivity contribution in [1.29, 1.82) is 0 Å². The van der Waals surface area contributed by atoms with Crippen LogP contribution in [0.4, 0.5) is 4.79 Å². The number of likely N-dealkylation sites (N-methyl/N-ethyl adjacent to an activating group) is 1. The zero-order valence-electron chi connectivity index (χ0n) is 28.7. The minimum atomic E-state index is -1.50. The summed E-state index contributed by atoms with van der Waals surface area (Å²) in [6, 6.07) is 2.10. The molecule has 0 aromatic heterocycles. The minimum Gasteiger partial charge on any atom is -0.493 e. The number of hydrogen-bond donors (Lipinski definition) is 3. The number of carbonyl (C=O) groups is 5. The van der Waals surface area contributed by atoms with E-state index in [0.29, 0.717) is 30.9 Å². The van der Waals surface area contributed by atoms with Crippen LogP contribution in [0.2, 0.25) is 0 Å². The molecule has 4 aliphatic rings. The van der Waals surface area contributed by atoms with E-state index in [1.54, 1.807) is 26.8 Å². The van der Waals surface area contributed by atoms with E-state index in [1.807, 2.05) is 19.2 Å². The molecule has 1 saturated heterocycles. The largest absolute Gasteiger partial charge is 0.509 e. The van der Waals surface area contributed by atoms with Gasteiger partial charge < -0.3 is 48.9 Å². The van der Waals surface area contributed by atoms with E-state index >= 15 is 0 Å². The number of nitrogens with zero attached hydrogens (tertiary/aromatic N) is 1. The van der Waals surface area contributed by atoms with Crippen molar-refractivity contribution in [1.82, 2.24) is 10.2 Å². The molecular weight excluding hydrogens is 644 g/mol. The highest BCUT2D eigenvalue weighted by Gasteiger charge is 2.72. The first kappa shape index (κ1) is 35.9. The van der Waals surface area contributed by atoms with Crippen molar-refractivity contribution in [3.8, 4) is 11.5 Å². The lowest BCUT2D eigenvalue weighted by Crippen LogP contribution is -2.74. The van der Waals surface area contributed by atoms with Crippen molar-refractivity contribution in [3.63, 3.8) is 0 Å². The van der Waals surface area contributed by atoms with Crippen LogP contribution in [0.15, 0.2) is 24.0 Å². The molecule has 5 rings (SSSR count). The van der Waals surface area contributed by atoms with Gasteiger partial charge in [0.2, 0.25) is 0 Å². The van der Waals surface area contributed by atoms with Gasteiger partial charge in [-0.2, -0.15) is 0 Å². The Morgan fingerprint density at radius 2 is 1.82 bits per heavy atom. The number of likely N-dealkylation sites (tertiary alicyclic amines) is 1. The average molecular weight is 689 g/mol. The van der Waals surface area contributed by atoms with E-state index in [0.717, 1.165) is 11.1 Å². The lowest BCUT2D eigenvalue weighted by Gasteiger charge is -2.61. The second-order valence-electron chi connectivity index (χ2n) is 14.0. The Balaban J connectivity index is 1.30. The Morgan fingerprint density at radius 1 is 1.10 bits per heavy atom. The number of benzene rings is 1. The molecule has 1 aromatic rings. The molecule has 1 spiro atoms. The molecule has 2 heterocycles. The minimum absolute atomic E-state index is 0.163. The maximum absolute atomic E-state index is 13.4. The Kier molecular flexibility index (Phi) is 9.65. The summed E-state index contributed by atoms with van der Waals surface area (Å²) in [6.07, 6.45) is -2.81. The maximum Gasteiger partial charge on any atom is 0.509 e. The van der Waals surface area contributed by atoms with E-state index < -0.39 is 77.4 Å². The number of hydrogen-bond acceptors (Lipinski definition) is 13. The SMILES string of the molecule is COc1ccc2c3c1O[C@H]1C(OC(=O)[C@H](C)OC(=O)[C@H](CCC(=O)O)NC(=O)[C@H](C)OC(=O)OC(C)(C)C)=CC[C@@]4(O)[C@@H](C2)N(C)CC[C@]314. The van der Waals surface area contributed by atoms with Crippen LogP contribution >= 0.6 is 0 Å². The van der Waals surface area contributed by atoms with Gasteiger partial charge >= 0.3 is 24.1 Å². The van der Waals surface area contributed by atoms with Gasteiger partial charge in [-0.05, 0) is 85.2 Å². The number of carboxylic acid groups (broad SMARTS) is 1. The molecule has 49 heavy (non-hydrogen) atoms.